The van der Waals surface area contributed by atoms with Gasteiger partial charge in [0.25, 0.3) is 5.69 Å². The summed E-state index contributed by atoms with van der Waals surface area (Å²) in [6.07, 6.45) is 0.865. The minimum atomic E-state index is -0.420. The fourth-order valence-electron chi connectivity index (χ4n) is 2.46. The molecule has 0 aliphatic carbocycles. The molecular weight excluding hydrogens is 284 g/mol. The van der Waals surface area contributed by atoms with E-state index in [9.17, 15) is 14.9 Å². The van der Waals surface area contributed by atoms with Crippen molar-refractivity contribution >= 4 is 11.6 Å². The lowest BCUT2D eigenvalue weighted by Crippen LogP contribution is -2.46. The Morgan fingerprint density at radius 1 is 1.36 bits per heavy atom. The first kappa shape index (κ1) is 16.4. The summed E-state index contributed by atoms with van der Waals surface area (Å²) in [6, 6.07) is 6.43. The van der Waals surface area contributed by atoms with Gasteiger partial charge in [0.05, 0.1) is 4.92 Å². The Kier molecular flexibility index (Phi) is 6.29. The van der Waals surface area contributed by atoms with Crippen LogP contribution in [0.25, 0.3) is 0 Å². The molecular formula is C15H22N4O3. The molecule has 1 aliphatic heterocycles. The smallest absolute Gasteiger partial charge is 0.269 e. The van der Waals surface area contributed by atoms with Gasteiger partial charge in [-0.05, 0) is 12.0 Å². The van der Waals surface area contributed by atoms with Crippen LogP contribution in [-0.4, -0.2) is 55.0 Å². The fourth-order valence-corrected chi connectivity index (χ4v) is 2.46. The number of carbonyl (C=O) groups is 1. The van der Waals surface area contributed by atoms with Crippen LogP contribution in [0.3, 0.4) is 0 Å². The van der Waals surface area contributed by atoms with E-state index in [1.165, 1.54) is 12.1 Å². The van der Waals surface area contributed by atoms with E-state index in [4.69, 9.17) is 0 Å². The first-order chi connectivity index (χ1) is 10.6. The van der Waals surface area contributed by atoms with Crippen molar-refractivity contribution in [3.63, 3.8) is 0 Å². The number of hydrogen-bond acceptors (Lipinski definition) is 5. The Bertz CT molecular complexity index is 515. The van der Waals surface area contributed by atoms with Crippen LogP contribution in [0, 0.1) is 10.1 Å². The SMILES string of the molecule is O=C(CCc1cccc([N+](=O)[O-])c1)NCCN1CCNCC1. The third-order valence-electron chi connectivity index (χ3n) is 3.72. The zero-order valence-electron chi connectivity index (χ0n) is 12.6. The van der Waals surface area contributed by atoms with Crippen molar-refractivity contribution in [2.24, 2.45) is 0 Å². The average molecular weight is 306 g/mol. The van der Waals surface area contributed by atoms with Gasteiger partial charge in [0, 0.05) is 57.8 Å². The van der Waals surface area contributed by atoms with Gasteiger partial charge in [-0.3, -0.25) is 19.8 Å². The second kappa shape index (κ2) is 8.45. The summed E-state index contributed by atoms with van der Waals surface area (Å²) in [5.41, 5.74) is 0.878. The highest BCUT2D eigenvalue weighted by Gasteiger charge is 2.10. The molecule has 1 amide bonds. The van der Waals surface area contributed by atoms with Gasteiger partial charge >= 0.3 is 0 Å². The highest BCUT2D eigenvalue weighted by molar-refractivity contribution is 5.76. The van der Waals surface area contributed by atoms with E-state index in [0.717, 1.165) is 38.3 Å². The van der Waals surface area contributed by atoms with Gasteiger partial charge in [-0.2, -0.15) is 0 Å². The number of benzene rings is 1. The molecule has 1 aromatic carbocycles. The summed E-state index contributed by atoms with van der Waals surface area (Å²) >= 11 is 0. The van der Waals surface area contributed by atoms with E-state index in [0.29, 0.717) is 19.4 Å². The van der Waals surface area contributed by atoms with E-state index in [1.807, 2.05) is 0 Å². The number of rotatable bonds is 7. The highest BCUT2D eigenvalue weighted by atomic mass is 16.6. The highest BCUT2D eigenvalue weighted by Crippen LogP contribution is 2.14. The van der Waals surface area contributed by atoms with Crippen molar-refractivity contribution in [3.8, 4) is 0 Å². The van der Waals surface area contributed by atoms with E-state index >= 15 is 0 Å². The monoisotopic (exact) mass is 306 g/mol. The summed E-state index contributed by atoms with van der Waals surface area (Å²) in [5, 5.41) is 16.9. The summed E-state index contributed by atoms with van der Waals surface area (Å²) in [7, 11) is 0. The number of amides is 1. The normalized spacial score (nSPS) is 15.5. The van der Waals surface area contributed by atoms with Crippen LogP contribution >= 0.6 is 0 Å². The minimum Gasteiger partial charge on any atom is -0.355 e. The molecule has 7 heteroatoms. The summed E-state index contributed by atoms with van der Waals surface area (Å²) < 4.78 is 0. The molecule has 1 aromatic rings. The minimum absolute atomic E-state index is 0.0124. The number of hydrogen-bond donors (Lipinski definition) is 2. The molecule has 0 aromatic heterocycles. The summed E-state index contributed by atoms with van der Waals surface area (Å²) in [4.78, 5) is 24.4. The summed E-state index contributed by atoms with van der Waals surface area (Å²) in [5.74, 6) is -0.0124. The van der Waals surface area contributed by atoms with Crippen LogP contribution in [0.5, 0.6) is 0 Å². The molecule has 0 spiro atoms. The molecule has 1 heterocycles. The third-order valence-corrected chi connectivity index (χ3v) is 3.72. The Hall–Kier alpha value is -1.99. The largest absolute Gasteiger partial charge is 0.355 e. The molecule has 7 nitrogen and oxygen atoms in total. The molecule has 0 bridgehead atoms. The fraction of sp³-hybridized carbons (Fsp3) is 0.533. The van der Waals surface area contributed by atoms with Crippen molar-refractivity contribution in [1.82, 2.24) is 15.5 Å². The molecule has 0 atom stereocenters. The Morgan fingerprint density at radius 3 is 2.86 bits per heavy atom. The Labute approximate surface area is 129 Å². The molecule has 0 unspecified atom stereocenters. The lowest BCUT2D eigenvalue weighted by atomic mass is 10.1. The van der Waals surface area contributed by atoms with Gasteiger partial charge in [0.15, 0.2) is 0 Å². The van der Waals surface area contributed by atoms with Crippen LogP contribution in [0.1, 0.15) is 12.0 Å². The molecule has 1 fully saturated rings. The van der Waals surface area contributed by atoms with Gasteiger partial charge < -0.3 is 10.6 Å². The molecule has 1 saturated heterocycles. The number of nitro groups is 1. The molecule has 2 N–H and O–H groups in total. The van der Waals surface area contributed by atoms with E-state index < -0.39 is 4.92 Å². The topological polar surface area (TPSA) is 87.5 Å². The van der Waals surface area contributed by atoms with E-state index in [2.05, 4.69) is 15.5 Å². The molecule has 2 rings (SSSR count). The second-order valence-electron chi connectivity index (χ2n) is 5.37. The maximum atomic E-state index is 11.8. The average Bonchev–Trinajstić information content (AvgIpc) is 2.54. The van der Waals surface area contributed by atoms with Gasteiger partial charge in [0.1, 0.15) is 0 Å². The van der Waals surface area contributed by atoms with Crippen LogP contribution < -0.4 is 10.6 Å². The zero-order chi connectivity index (χ0) is 15.8. The molecule has 22 heavy (non-hydrogen) atoms. The lowest BCUT2D eigenvalue weighted by Gasteiger charge is -2.27. The second-order valence-corrected chi connectivity index (χ2v) is 5.37. The third kappa shape index (κ3) is 5.42. The summed E-state index contributed by atoms with van der Waals surface area (Å²) in [6.45, 7) is 5.55. The number of nitrogens with zero attached hydrogens (tertiary/aromatic N) is 2. The first-order valence-electron chi connectivity index (χ1n) is 7.58. The predicted octanol–water partition coefficient (Wildman–Crippen LogP) is 0.549. The number of aryl methyl sites for hydroxylation is 1. The number of non-ortho nitro benzene ring substituents is 1. The van der Waals surface area contributed by atoms with Crippen molar-refractivity contribution in [2.45, 2.75) is 12.8 Å². The van der Waals surface area contributed by atoms with Crippen molar-refractivity contribution in [3.05, 3.63) is 39.9 Å². The van der Waals surface area contributed by atoms with Gasteiger partial charge in [-0.1, -0.05) is 12.1 Å². The van der Waals surface area contributed by atoms with Crippen molar-refractivity contribution < 1.29 is 9.72 Å². The number of piperazine rings is 1. The van der Waals surface area contributed by atoms with Crippen LogP contribution in [-0.2, 0) is 11.2 Å². The molecule has 1 aliphatic rings. The molecule has 120 valence electrons. The van der Waals surface area contributed by atoms with Crippen LogP contribution in [0.2, 0.25) is 0 Å². The maximum Gasteiger partial charge on any atom is 0.269 e. The standard InChI is InChI=1S/C15H22N4O3/c20-15(17-8-11-18-9-6-16-7-10-18)5-4-13-2-1-3-14(12-13)19(21)22/h1-3,12,16H,4-11H2,(H,17,20). The zero-order valence-corrected chi connectivity index (χ0v) is 12.6. The van der Waals surface area contributed by atoms with Crippen LogP contribution in [0.15, 0.2) is 24.3 Å². The lowest BCUT2D eigenvalue weighted by molar-refractivity contribution is -0.384. The van der Waals surface area contributed by atoms with Crippen LogP contribution in [0.4, 0.5) is 5.69 Å². The quantitative estimate of drug-likeness (QED) is 0.567. The number of carbonyl (C=O) groups excluding carboxylic acids is 1. The van der Waals surface area contributed by atoms with Crippen molar-refractivity contribution in [1.29, 1.82) is 0 Å². The van der Waals surface area contributed by atoms with E-state index in [-0.39, 0.29) is 11.6 Å². The molecule has 0 radical (unpaired) electrons. The van der Waals surface area contributed by atoms with Gasteiger partial charge in [-0.15, -0.1) is 0 Å². The van der Waals surface area contributed by atoms with Crippen molar-refractivity contribution in [2.75, 3.05) is 39.3 Å². The van der Waals surface area contributed by atoms with Gasteiger partial charge in [0.2, 0.25) is 5.91 Å². The first-order valence-corrected chi connectivity index (χ1v) is 7.58. The predicted molar refractivity (Wildman–Crippen MR) is 83.7 cm³/mol. The van der Waals surface area contributed by atoms with Gasteiger partial charge in [-0.25, -0.2) is 0 Å². The Morgan fingerprint density at radius 2 is 2.14 bits per heavy atom. The molecule has 0 saturated carbocycles. The number of nitro benzene ring substituents is 1. The Balaban J connectivity index is 1.66. The maximum absolute atomic E-state index is 11.8. The number of nitrogens with one attached hydrogen (secondary N) is 2. The van der Waals surface area contributed by atoms with E-state index in [1.54, 1.807) is 12.1 Å².